The largest absolute Gasteiger partial charge is 0.444 e. The first-order chi connectivity index (χ1) is 7.74. The summed E-state index contributed by atoms with van der Waals surface area (Å²) in [5.74, 6) is 1.12. The fraction of sp³-hybridized carbons (Fsp3) is 0.923. The van der Waals surface area contributed by atoms with Crippen molar-refractivity contribution < 1.29 is 9.53 Å². The lowest BCUT2D eigenvalue weighted by Crippen LogP contribution is -2.53. The number of carbonyl (C=O) groups is 1. The minimum absolute atomic E-state index is 0.121. The van der Waals surface area contributed by atoms with Crippen molar-refractivity contribution in [1.29, 1.82) is 0 Å². The Labute approximate surface area is 104 Å². The van der Waals surface area contributed by atoms with Gasteiger partial charge in [0, 0.05) is 19.1 Å². The van der Waals surface area contributed by atoms with Crippen LogP contribution in [0.1, 0.15) is 41.0 Å². The molecule has 1 amide bonds. The number of amides is 1. The molecule has 1 aliphatic rings. The van der Waals surface area contributed by atoms with Crippen molar-refractivity contribution in [3.8, 4) is 0 Å². The Kier molecular flexibility index (Phi) is 4.42. The minimum Gasteiger partial charge on any atom is -0.444 e. The topological polar surface area (TPSA) is 55.6 Å². The molecule has 1 saturated heterocycles. The van der Waals surface area contributed by atoms with Gasteiger partial charge in [0.25, 0.3) is 0 Å². The third-order valence-corrected chi connectivity index (χ3v) is 3.44. The van der Waals surface area contributed by atoms with Gasteiger partial charge in [-0.3, -0.25) is 0 Å². The van der Waals surface area contributed by atoms with Crippen LogP contribution in [0.15, 0.2) is 0 Å². The van der Waals surface area contributed by atoms with E-state index >= 15 is 0 Å². The molecule has 0 radical (unpaired) electrons. The molecule has 100 valence electrons. The second-order valence-electron chi connectivity index (χ2n) is 6.21. The molecule has 1 fully saturated rings. The fourth-order valence-corrected chi connectivity index (χ4v) is 2.20. The van der Waals surface area contributed by atoms with Crippen LogP contribution in [0.3, 0.4) is 0 Å². The van der Waals surface area contributed by atoms with E-state index in [2.05, 4.69) is 13.8 Å². The number of nitrogens with zero attached hydrogens (tertiary/aromatic N) is 1. The van der Waals surface area contributed by atoms with Crippen LogP contribution in [0.5, 0.6) is 0 Å². The van der Waals surface area contributed by atoms with Crippen LogP contribution in [0.2, 0.25) is 0 Å². The van der Waals surface area contributed by atoms with Crippen molar-refractivity contribution in [1.82, 2.24) is 4.90 Å². The van der Waals surface area contributed by atoms with E-state index in [-0.39, 0.29) is 12.1 Å². The van der Waals surface area contributed by atoms with Gasteiger partial charge in [0.15, 0.2) is 0 Å². The van der Waals surface area contributed by atoms with E-state index < -0.39 is 5.60 Å². The van der Waals surface area contributed by atoms with Crippen molar-refractivity contribution in [2.24, 2.45) is 17.6 Å². The number of ether oxygens (including phenoxy) is 1. The predicted molar refractivity (Wildman–Crippen MR) is 68.7 cm³/mol. The first-order valence-electron chi connectivity index (χ1n) is 6.44. The van der Waals surface area contributed by atoms with E-state index in [4.69, 9.17) is 10.5 Å². The van der Waals surface area contributed by atoms with Crippen LogP contribution >= 0.6 is 0 Å². The lowest BCUT2D eigenvalue weighted by atomic mass is 9.84. The summed E-state index contributed by atoms with van der Waals surface area (Å²) >= 11 is 0. The quantitative estimate of drug-likeness (QED) is 0.767. The van der Waals surface area contributed by atoms with Gasteiger partial charge in [0.05, 0.1) is 0 Å². The SMILES string of the molecule is CC1CN(C(=O)OC(C)(C)C)[C@H](CN)C[C@@H]1C. The van der Waals surface area contributed by atoms with Gasteiger partial charge in [-0.2, -0.15) is 0 Å². The third-order valence-electron chi connectivity index (χ3n) is 3.44. The zero-order valence-electron chi connectivity index (χ0n) is 11.7. The van der Waals surface area contributed by atoms with Gasteiger partial charge >= 0.3 is 6.09 Å². The monoisotopic (exact) mass is 242 g/mol. The summed E-state index contributed by atoms with van der Waals surface area (Å²) in [6.45, 7) is 11.3. The summed E-state index contributed by atoms with van der Waals surface area (Å²) in [6.07, 6.45) is 0.739. The standard InChI is InChI=1S/C13H26N2O2/c1-9-6-11(7-14)15(8-10(9)2)12(16)17-13(3,4)5/h9-11H,6-8,14H2,1-5H3/t9-,10?,11-/m0/s1. The van der Waals surface area contributed by atoms with Crippen LogP contribution in [-0.4, -0.2) is 35.7 Å². The normalized spacial score (nSPS) is 30.2. The van der Waals surface area contributed by atoms with Gasteiger partial charge in [-0.15, -0.1) is 0 Å². The zero-order valence-corrected chi connectivity index (χ0v) is 11.7. The van der Waals surface area contributed by atoms with Crippen molar-refractivity contribution in [3.63, 3.8) is 0 Å². The Balaban J connectivity index is 2.70. The van der Waals surface area contributed by atoms with Gasteiger partial charge < -0.3 is 15.4 Å². The summed E-state index contributed by atoms with van der Waals surface area (Å²) in [5, 5.41) is 0. The van der Waals surface area contributed by atoms with Crippen LogP contribution in [0, 0.1) is 11.8 Å². The van der Waals surface area contributed by atoms with Crippen LogP contribution in [0.25, 0.3) is 0 Å². The average Bonchev–Trinajstić information content (AvgIpc) is 2.18. The molecule has 3 atom stereocenters. The molecule has 4 heteroatoms. The van der Waals surface area contributed by atoms with Crippen LogP contribution < -0.4 is 5.73 Å². The Morgan fingerprint density at radius 3 is 2.41 bits per heavy atom. The highest BCUT2D eigenvalue weighted by atomic mass is 16.6. The lowest BCUT2D eigenvalue weighted by Gasteiger charge is -2.41. The Morgan fingerprint density at radius 1 is 1.35 bits per heavy atom. The third kappa shape index (κ3) is 3.87. The van der Waals surface area contributed by atoms with Gasteiger partial charge in [-0.05, 0) is 39.0 Å². The number of likely N-dealkylation sites (tertiary alicyclic amines) is 1. The highest BCUT2D eigenvalue weighted by Crippen LogP contribution is 2.28. The highest BCUT2D eigenvalue weighted by molar-refractivity contribution is 5.68. The van der Waals surface area contributed by atoms with E-state index in [1.165, 1.54) is 0 Å². The maximum atomic E-state index is 12.1. The van der Waals surface area contributed by atoms with Crippen molar-refractivity contribution in [2.45, 2.75) is 52.7 Å². The summed E-state index contributed by atoms with van der Waals surface area (Å²) in [7, 11) is 0. The van der Waals surface area contributed by atoms with Crippen LogP contribution in [-0.2, 0) is 4.74 Å². The number of rotatable bonds is 1. The first kappa shape index (κ1) is 14.3. The molecule has 1 rings (SSSR count). The van der Waals surface area contributed by atoms with Gasteiger partial charge in [0.1, 0.15) is 5.60 Å². The first-order valence-corrected chi connectivity index (χ1v) is 6.44. The summed E-state index contributed by atoms with van der Waals surface area (Å²) in [5.41, 5.74) is 5.31. The molecule has 2 N–H and O–H groups in total. The number of hydrogen-bond donors (Lipinski definition) is 1. The molecule has 1 unspecified atom stereocenters. The maximum Gasteiger partial charge on any atom is 0.410 e. The molecule has 0 aromatic heterocycles. The molecule has 1 heterocycles. The van der Waals surface area contributed by atoms with Crippen molar-refractivity contribution in [2.75, 3.05) is 13.1 Å². The van der Waals surface area contributed by atoms with E-state index in [1.54, 1.807) is 4.90 Å². The van der Waals surface area contributed by atoms with Crippen molar-refractivity contribution >= 4 is 6.09 Å². The Morgan fingerprint density at radius 2 is 1.94 bits per heavy atom. The number of hydrogen-bond acceptors (Lipinski definition) is 3. The minimum atomic E-state index is -0.442. The molecule has 0 aliphatic carbocycles. The number of piperidine rings is 1. The summed E-state index contributed by atoms with van der Waals surface area (Å²) in [6, 6.07) is 0.121. The van der Waals surface area contributed by atoms with Crippen LogP contribution in [0.4, 0.5) is 4.79 Å². The molecular formula is C13H26N2O2. The highest BCUT2D eigenvalue weighted by Gasteiger charge is 2.35. The summed E-state index contributed by atoms with van der Waals surface area (Å²) in [4.78, 5) is 13.9. The molecule has 0 spiro atoms. The smallest absolute Gasteiger partial charge is 0.410 e. The van der Waals surface area contributed by atoms with Gasteiger partial charge in [-0.25, -0.2) is 4.79 Å². The maximum absolute atomic E-state index is 12.1. The Bertz CT molecular complexity index is 273. The van der Waals surface area contributed by atoms with Gasteiger partial charge in [-0.1, -0.05) is 13.8 Å². The van der Waals surface area contributed by atoms with E-state index in [0.717, 1.165) is 13.0 Å². The molecular weight excluding hydrogens is 216 g/mol. The lowest BCUT2D eigenvalue weighted by molar-refractivity contribution is -0.00190. The molecule has 0 saturated carbocycles. The molecule has 4 nitrogen and oxygen atoms in total. The molecule has 17 heavy (non-hydrogen) atoms. The molecule has 0 bridgehead atoms. The molecule has 0 aromatic rings. The van der Waals surface area contributed by atoms with E-state index in [1.807, 2.05) is 20.8 Å². The van der Waals surface area contributed by atoms with Crippen molar-refractivity contribution in [3.05, 3.63) is 0 Å². The Hall–Kier alpha value is -0.770. The predicted octanol–water partition coefficient (Wildman–Crippen LogP) is 2.23. The van der Waals surface area contributed by atoms with E-state index in [9.17, 15) is 4.79 Å². The summed E-state index contributed by atoms with van der Waals surface area (Å²) < 4.78 is 5.42. The second-order valence-corrected chi connectivity index (χ2v) is 6.21. The fourth-order valence-electron chi connectivity index (χ4n) is 2.20. The molecule has 1 aliphatic heterocycles. The average molecular weight is 242 g/mol. The zero-order chi connectivity index (χ0) is 13.2. The van der Waals surface area contributed by atoms with E-state index in [0.29, 0.717) is 18.4 Å². The molecule has 0 aromatic carbocycles. The number of nitrogens with two attached hydrogens (primary N) is 1. The number of carbonyl (C=O) groups excluding carboxylic acids is 1. The second kappa shape index (κ2) is 5.25. The van der Waals surface area contributed by atoms with Gasteiger partial charge in [0.2, 0.25) is 0 Å².